The molecule has 1 aliphatic rings. The van der Waals surface area contributed by atoms with Gasteiger partial charge in [-0.1, -0.05) is 40.3 Å². The largest absolute Gasteiger partial charge is 0.492 e. The van der Waals surface area contributed by atoms with Crippen molar-refractivity contribution >= 4 is 40.1 Å². The van der Waals surface area contributed by atoms with E-state index in [-0.39, 0.29) is 18.4 Å². The molecular formula is C20H25IN4O4. The monoisotopic (exact) mass is 512 g/mol. The fourth-order valence-electron chi connectivity index (χ4n) is 2.83. The van der Waals surface area contributed by atoms with Gasteiger partial charge in [-0.15, -0.1) is 0 Å². The number of aromatic nitrogens is 2. The molecule has 0 aliphatic carbocycles. The van der Waals surface area contributed by atoms with E-state index in [1.165, 1.54) is 16.4 Å². The number of amides is 2. The number of aryl methyl sites for hydroxylation is 1. The summed E-state index contributed by atoms with van der Waals surface area (Å²) in [6.07, 6.45) is 3.45. The lowest BCUT2D eigenvalue weighted by Crippen LogP contribution is -2.33. The number of benzene rings is 1. The molecule has 1 aromatic heterocycles. The van der Waals surface area contributed by atoms with Gasteiger partial charge in [0.1, 0.15) is 25.0 Å². The number of anilines is 1. The topological polar surface area (TPSA) is 85.7 Å². The van der Waals surface area contributed by atoms with Gasteiger partial charge in [-0.25, -0.2) is 0 Å². The van der Waals surface area contributed by atoms with Gasteiger partial charge in [0.05, 0.1) is 25.0 Å². The van der Waals surface area contributed by atoms with Gasteiger partial charge in [0, 0.05) is 17.2 Å². The van der Waals surface area contributed by atoms with Crippen LogP contribution in [0, 0.1) is 6.92 Å². The number of hydrogen-bond acceptors (Lipinski definition) is 5. The number of halogens is 1. The van der Waals surface area contributed by atoms with Crippen LogP contribution in [0.4, 0.5) is 5.69 Å². The molecule has 2 atom stereocenters. The second-order valence-corrected chi connectivity index (χ2v) is 8.81. The fraction of sp³-hybridized carbons (Fsp3) is 0.450. The minimum Gasteiger partial charge on any atom is -0.492 e. The van der Waals surface area contributed by atoms with Crippen LogP contribution in [-0.4, -0.2) is 63.3 Å². The SMILES string of the molecule is Cc1ccc(OCCN(C)C(=O)Cn2cc(NC(=O)C3CC(I)CO3)cn2)cc1. The molecular weight excluding hydrogens is 487 g/mol. The van der Waals surface area contributed by atoms with E-state index >= 15 is 0 Å². The van der Waals surface area contributed by atoms with Crippen LogP contribution in [0.15, 0.2) is 36.7 Å². The van der Waals surface area contributed by atoms with E-state index in [9.17, 15) is 9.59 Å². The molecule has 0 spiro atoms. The molecule has 2 amide bonds. The molecule has 156 valence electrons. The minimum absolute atomic E-state index is 0.0899. The zero-order chi connectivity index (χ0) is 20.8. The normalized spacial score (nSPS) is 18.4. The van der Waals surface area contributed by atoms with Gasteiger partial charge in [-0.05, 0) is 25.5 Å². The van der Waals surface area contributed by atoms with Gasteiger partial charge in [0.2, 0.25) is 5.91 Å². The molecule has 29 heavy (non-hydrogen) atoms. The number of ether oxygens (including phenoxy) is 2. The predicted octanol–water partition coefficient (Wildman–Crippen LogP) is 2.26. The molecule has 1 aliphatic heterocycles. The van der Waals surface area contributed by atoms with Gasteiger partial charge in [-0.3, -0.25) is 14.3 Å². The van der Waals surface area contributed by atoms with Crippen molar-refractivity contribution in [1.29, 1.82) is 0 Å². The number of nitrogens with one attached hydrogen (secondary N) is 1. The second kappa shape index (κ2) is 10.1. The number of likely N-dealkylation sites (N-methyl/N-ethyl adjacent to an activating group) is 1. The van der Waals surface area contributed by atoms with Crippen molar-refractivity contribution in [3.05, 3.63) is 42.2 Å². The first-order valence-electron chi connectivity index (χ1n) is 9.43. The number of nitrogens with zero attached hydrogens (tertiary/aromatic N) is 3. The number of carbonyl (C=O) groups excluding carboxylic acids is 2. The number of hydrogen-bond donors (Lipinski definition) is 1. The lowest BCUT2D eigenvalue weighted by Gasteiger charge is -2.17. The highest BCUT2D eigenvalue weighted by Gasteiger charge is 2.29. The van der Waals surface area contributed by atoms with E-state index in [0.29, 0.717) is 35.8 Å². The third kappa shape index (κ3) is 6.43. The maximum absolute atomic E-state index is 12.4. The highest BCUT2D eigenvalue weighted by atomic mass is 127. The van der Waals surface area contributed by atoms with Crippen LogP contribution in [0.2, 0.25) is 0 Å². The Morgan fingerprint density at radius 3 is 2.83 bits per heavy atom. The summed E-state index contributed by atoms with van der Waals surface area (Å²) in [5, 5.41) is 6.94. The Balaban J connectivity index is 1.41. The van der Waals surface area contributed by atoms with Gasteiger partial charge in [0.15, 0.2) is 0 Å². The molecule has 0 radical (unpaired) electrons. The van der Waals surface area contributed by atoms with Crippen LogP contribution in [0.5, 0.6) is 5.75 Å². The molecule has 2 aromatic rings. The minimum atomic E-state index is -0.429. The van der Waals surface area contributed by atoms with Crippen molar-refractivity contribution in [3.63, 3.8) is 0 Å². The van der Waals surface area contributed by atoms with E-state index in [4.69, 9.17) is 9.47 Å². The molecule has 2 heterocycles. The van der Waals surface area contributed by atoms with Crippen LogP contribution >= 0.6 is 22.6 Å². The average molecular weight is 512 g/mol. The molecule has 1 aromatic carbocycles. The molecule has 9 heteroatoms. The summed E-state index contributed by atoms with van der Waals surface area (Å²) < 4.78 is 13.0. The molecule has 3 rings (SSSR count). The maximum Gasteiger partial charge on any atom is 0.253 e. The quantitative estimate of drug-likeness (QED) is 0.434. The van der Waals surface area contributed by atoms with Gasteiger partial charge in [-0.2, -0.15) is 5.10 Å². The van der Waals surface area contributed by atoms with Crippen molar-refractivity contribution in [3.8, 4) is 5.75 Å². The summed E-state index contributed by atoms with van der Waals surface area (Å²) in [6, 6.07) is 7.79. The smallest absolute Gasteiger partial charge is 0.253 e. The first kappa shape index (κ1) is 21.6. The molecule has 1 fully saturated rings. The third-order valence-electron chi connectivity index (χ3n) is 4.58. The third-order valence-corrected chi connectivity index (χ3v) is 5.45. The van der Waals surface area contributed by atoms with Crippen LogP contribution in [0.1, 0.15) is 12.0 Å². The Morgan fingerprint density at radius 2 is 2.14 bits per heavy atom. The van der Waals surface area contributed by atoms with Crippen molar-refractivity contribution in [2.75, 3.05) is 32.1 Å². The molecule has 0 saturated carbocycles. The van der Waals surface area contributed by atoms with Crippen LogP contribution in [0.25, 0.3) is 0 Å². The van der Waals surface area contributed by atoms with Crippen LogP contribution in [-0.2, 0) is 20.9 Å². The number of alkyl halides is 1. The summed E-state index contributed by atoms with van der Waals surface area (Å²) in [5.41, 5.74) is 1.72. The van der Waals surface area contributed by atoms with Gasteiger partial charge in [0.25, 0.3) is 5.91 Å². The lowest BCUT2D eigenvalue weighted by molar-refractivity contribution is -0.131. The van der Waals surface area contributed by atoms with Crippen LogP contribution in [0.3, 0.4) is 0 Å². The number of rotatable bonds is 8. The standard InChI is InChI=1S/C20H25IN4O4/c1-14-3-5-17(6-4-14)28-8-7-24(2)19(26)12-25-11-16(10-22-25)23-20(27)18-9-15(21)13-29-18/h3-6,10-11,15,18H,7-9,12-13H2,1-2H3,(H,23,27). The summed E-state index contributed by atoms with van der Waals surface area (Å²) in [4.78, 5) is 26.2. The van der Waals surface area contributed by atoms with Crippen molar-refractivity contribution in [1.82, 2.24) is 14.7 Å². The average Bonchev–Trinajstić information content (AvgIpc) is 3.32. The van der Waals surface area contributed by atoms with E-state index in [0.717, 1.165) is 5.75 Å². The van der Waals surface area contributed by atoms with Gasteiger partial charge >= 0.3 is 0 Å². The second-order valence-electron chi connectivity index (χ2n) is 7.05. The summed E-state index contributed by atoms with van der Waals surface area (Å²) in [7, 11) is 1.73. The first-order chi connectivity index (χ1) is 13.9. The first-order valence-corrected chi connectivity index (χ1v) is 10.7. The Bertz CT molecular complexity index is 839. The summed E-state index contributed by atoms with van der Waals surface area (Å²) in [5.74, 6) is 0.509. The summed E-state index contributed by atoms with van der Waals surface area (Å²) >= 11 is 2.28. The fourth-order valence-corrected chi connectivity index (χ4v) is 3.50. The maximum atomic E-state index is 12.4. The predicted molar refractivity (Wildman–Crippen MR) is 117 cm³/mol. The van der Waals surface area contributed by atoms with E-state index in [2.05, 4.69) is 33.0 Å². The Kier molecular flexibility index (Phi) is 7.48. The van der Waals surface area contributed by atoms with E-state index in [1.54, 1.807) is 18.1 Å². The van der Waals surface area contributed by atoms with E-state index in [1.807, 2.05) is 31.2 Å². The molecule has 1 N–H and O–H groups in total. The number of carbonyl (C=O) groups is 2. The molecule has 0 bridgehead atoms. The Labute approximate surface area is 183 Å². The highest BCUT2D eigenvalue weighted by molar-refractivity contribution is 14.1. The molecule has 1 saturated heterocycles. The zero-order valence-electron chi connectivity index (χ0n) is 16.5. The Hall–Kier alpha value is -2.14. The van der Waals surface area contributed by atoms with Gasteiger partial charge < -0.3 is 19.7 Å². The lowest BCUT2D eigenvalue weighted by atomic mass is 10.2. The summed E-state index contributed by atoms with van der Waals surface area (Å²) in [6.45, 7) is 3.57. The Morgan fingerprint density at radius 1 is 1.38 bits per heavy atom. The zero-order valence-corrected chi connectivity index (χ0v) is 18.7. The van der Waals surface area contributed by atoms with E-state index < -0.39 is 6.10 Å². The molecule has 2 unspecified atom stereocenters. The van der Waals surface area contributed by atoms with Crippen LogP contribution < -0.4 is 10.1 Å². The molecule has 8 nitrogen and oxygen atoms in total. The van der Waals surface area contributed by atoms with Crippen molar-refractivity contribution in [2.45, 2.75) is 29.9 Å². The van der Waals surface area contributed by atoms with Crippen molar-refractivity contribution < 1.29 is 19.1 Å². The van der Waals surface area contributed by atoms with Crippen molar-refractivity contribution in [2.24, 2.45) is 0 Å². The highest BCUT2D eigenvalue weighted by Crippen LogP contribution is 2.21.